The number of nitrogen functional groups attached to an aromatic ring is 1. The number of benzene rings is 1. The van der Waals surface area contributed by atoms with Crippen LogP contribution in [0, 0.1) is 0 Å². The van der Waals surface area contributed by atoms with E-state index in [4.69, 9.17) is 19.9 Å². The van der Waals surface area contributed by atoms with Crippen LogP contribution in [0.3, 0.4) is 0 Å². The zero-order chi connectivity index (χ0) is 14.5. The topological polar surface area (TPSA) is 66.6 Å². The lowest BCUT2D eigenvalue weighted by Gasteiger charge is -2.18. The first-order valence-corrected chi connectivity index (χ1v) is 6.82. The molecule has 0 bridgehead atoms. The van der Waals surface area contributed by atoms with Crippen LogP contribution in [0.15, 0.2) is 18.3 Å². The molecule has 108 valence electrons. The summed E-state index contributed by atoms with van der Waals surface area (Å²) >= 11 is 0. The Morgan fingerprint density at radius 3 is 2.25 bits per heavy atom. The van der Waals surface area contributed by atoms with E-state index in [1.54, 1.807) is 6.20 Å². The summed E-state index contributed by atoms with van der Waals surface area (Å²) in [6.07, 6.45) is 1.66. The predicted molar refractivity (Wildman–Crippen MR) is 79.7 cm³/mol. The Bertz CT molecular complexity index is 599. The third-order valence-corrected chi connectivity index (χ3v) is 2.85. The summed E-state index contributed by atoms with van der Waals surface area (Å²) in [5.74, 6) is 2.36. The summed E-state index contributed by atoms with van der Waals surface area (Å²) in [6.45, 7) is 7.39. The number of hydrogen-bond acceptors (Lipinski definition) is 5. The molecule has 0 amide bonds. The van der Waals surface area contributed by atoms with Crippen molar-refractivity contribution in [2.24, 2.45) is 0 Å². The van der Waals surface area contributed by atoms with Crippen LogP contribution in [0.2, 0.25) is 0 Å². The third-order valence-electron chi connectivity index (χ3n) is 2.85. The molecular formula is C15H20N2O3. The molecule has 0 unspecified atom stereocenters. The van der Waals surface area contributed by atoms with E-state index in [-0.39, 0.29) is 0 Å². The molecular weight excluding hydrogens is 256 g/mol. The molecule has 0 saturated carbocycles. The first-order chi connectivity index (χ1) is 9.72. The van der Waals surface area contributed by atoms with Crippen LogP contribution >= 0.6 is 0 Å². The van der Waals surface area contributed by atoms with Crippen LogP contribution in [0.25, 0.3) is 10.8 Å². The molecule has 5 heteroatoms. The van der Waals surface area contributed by atoms with Gasteiger partial charge >= 0.3 is 0 Å². The molecule has 0 radical (unpaired) electrons. The van der Waals surface area contributed by atoms with Crippen molar-refractivity contribution in [1.82, 2.24) is 4.98 Å². The Labute approximate surface area is 118 Å². The van der Waals surface area contributed by atoms with Crippen molar-refractivity contribution in [1.29, 1.82) is 0 Å². The Balaban J connectivity index is 2.74. The van der Waals surface area contributed by atoms with Gasteiger partial charge in [0.15, 0.2) is 11.5 Å². The molecule has 0 saturated heterocycles. The second-order valence-electron chi connectivity index (χ2n) is 4.12. The van der Waals surface area contributed by atoms with Gasteiger partial charge in [0.2, 0.25) is 5.75 Å². The molecule has 1 aromatic carbocycles. The first-order valence-electron chi connectivity index (χ1n) is 6.82. The maximum atomic E-state index is 5.95. The fourth-order valence-corrected chi connectivity index (χ4v) is 2.10. The number of pyridine rings is 1. The van der Waals surface area contributed by atoms with Crippen LogP contribution in [0.1, 0.15) is 20.8 Å². The standard InChI is InChI=1S/C15H20N2O3/c1-4-18-12-9-11-10(7-8-17-15(11)16)13(19-5-2)14(12)20-6-3/h7-9H,4-6H2,1-3H3,(H2,16,17). The summed E-state index contributed by atoms with van der Waals surface area (Å²) in [5.41, 5.74) is 5.95. The maximum absolute atomic E-state index is 5.95. The zero-order valence-electron chi connectivity index (χ0n) is 12.1. The number of nitrogens with zero attached hydrogens (tertiary/aromatic N) is 1. The summed E-state index contributed by atoms with van der Waals surface area (Å²) in [7, 11) is 0. The van der Waals surface area contributed by atoms with Gasteiger partial charge in [-0.25, -0.2) is 4.98 Å². The molecule has 0 spiro atoms. The Kier molecular flexibility index (Phi) is 4.50. The molecule has 0 atom stereocenters. The molecule has 0 aliphatic heterocycles. The number of fused-ring (bicyclic) bond motifs is 1. The number of anilines is 1. The van der Waals surface area contributed by atoms with E-state index in [2.05, 4.69) is 4.98 Å². The second-order valence-corrected chi connectivity index (χ2v) is 4.12. The highest BCUT2D eigenvalue weighted by Crippen LogP contribution is 2.44. The molecule has 20 heavy (non-hydrogen) atoms. The fraction of sp³-hybridized carbons (Fsp3) is 0.400. The van der Waals surface area contributed by atoms with Gasteiger partial charge < -0.3 is 19.9 Å². The average Bonchev–Trinajstić information content (AvgIpc) is 2.44. The minimum Gasteiger partial charge on any atom is -0.490 e. The van der Waals surface area contributed by atoms with Crippen molar-refractivity contribution < 1.29 is 14.2 Å². The lowest BCUT2D eigenvalue weighted by Crippen LogP contribution is -2.04. The van der Waals surface area contributed by atoms with Crippen molar-refractivity contribution in [2.45, 2.75) is 20.8 Å². The number of ether oxygens (including phenoxy) is 3. The lowest BCUT2D eigenvalue weighted by atomic mass is 10.1. The Morgan fingerprint density at radius 1 is 0.950 bits per heavy atom. The molecule has 2 N–H and O–H groups in total. The highest BCUT2D eigenvalue weighted by atomic mass is 16.5. The van der Waals surface area contributed by atoms with Crippen molar-refractivity contribution in [3.8, 4) is 17.2 Å². The van der Waals surface area contributed by atoms with Gasteiger partial charge in [-0.1, -0.05) is 0 Å². The van der Waals surface area contributed by atoms with E-state index < -0.39 is 0 Å². The van der Waals surface area contributed by atoms with Crippen LogP contribution in [-0.2, 0) is 0 Å². The highest BCUT2D eigenvalue weighted by Gasteiger charge is 2.18. The molecule has 2 aromatic rings. The van der Waals surface area contributed by atoms with Gasteiger partial charge in [-0.05, 0) is 32.9 Å². The van der Waals surface area contributed by atoms with Gasteiger partial charge in [0.1, 0.15) is 5.82 Å². The van der Waals surface area contributed by atoms with Gasteiger partial charge in [0.25, 0.3) is 0 Å². The molecule has 0 fully saturated rings. The molecule has 2 rings (SSSR count). The average molecular weight is 276 g/mol. The van der Waals surface area contributed by atoms with E-state index in [0.29, 0.717) is 42.9 Å². The monoisotopic (exact) mass is 276 g/mol. The normalized spacial score (nSPS) is 10.6. The van der Waals surface area contributed by atoms with Crippen molar-refractivity contribution in [3.63, 3.8) is 0 Å². The quantitative estimate of drug-likeness (QED) is 0.878. The number of rotatable bonds is 6. The highest BCUT2D eigenvalue weighted by molar-refractivity contribution is 5.98. The molecule has 1 heterocycles. The zero-order valence-corrected chi connectivity index (χ0v) is 12.1. The van der Waals surface area contributed by atoms with Gasteiger partial charge in [0.05, 0.1) is 19.8 Å². The number of nitrogens with two attached hydrogens (primary N) is 1. The molecule has 1 aromatic heterocycles. The molecule has 0 aliphatic rings. The SMILES string of the molecule is CCOc1cc2c(N)nccc2c(OCC)c1OCC. The van der Waals surface area contributed by atoms with E-state index in [0.717, 1.165) is 10.8 Å². The maximum Gasteiger partial charge on any atom is 0.204 e. The number of hydrogen-bond donors (Lipinski definition) is 1. The summed E-state index contributed by atoms with van der Waals surface area (Å²) in [4.78, 5) is 4.11. The van der Waals surface area contributed by atoms with E-state index in [1.807, 2.05) is 32.9 Å². The molecule has 0 aliphatic carbocycles. The van der Waals surface area contributed by atoms with E-state index >= 15 is 0 Å². The molecule has 5 nitrogen and oxygen atoms in total. The second kappa shape index (κ2) is 6.32. The summed E-state index contributed by atoms with van der Waals surface area (Å²) in [5, 5.41) is 1.69. The fourth-order valence-electron chi connectivity index (χ4n) is 2.10. The van der Waals surface area contributed by atoms with E-state index in [1.165, 1.54) is 0 Å². The largest absolute Gasteiger partial charge is 0.490 e. The van der Waals surface area contributed by atoms with Gasteiger partial charge in [-0.15, -0.1) is 0 Å². The van der Waals surface area contributed by atoms with E-state index in [9.17, 15) is 0 Å². The smallest absolute Gasteiger partial charge is 0.204 e. The lowest BCUT2D eigenvalue weighted by molar-refractivity contribution is 0.263. The number of aromatic nitrogens is 1. The summed E-state index contributed by atoms with van der Waals surface area (Å²) < 4.78 is 17.1. The van der Waals surface area contributed by atoms with Crippen LogP contribution in [0.4, 0.5) is 5.82 Å². The Hall–Kier alpha value is -2.17. The van der Waals surface area contributed by atoms with Crippen LogP contribution in [0.5, 0.6) is 17.2 Å². The first kappa shape index (κ1) is 14.2. The Morgan fingerprint density at radius 2 is 1.60 bits per heavy atom. The summed E-state index contributed by atoms with van der Waals surface area (Å²) in [6, 6.07) is 3.73. The van der Waals surface area contributed by atoms with Crippen LogP contribution in [-0.4, -0.2) is 24.8 Å². The third kappa shape index (κ3) is 2.57. The minimum absolute atomic E-state index is 0.451. The van der Waals surface area contributed by atoms with Crippen LogP contribution < -0.4 is 19.9 Å². The van der Waals surface area contributed by atoms with Crippen molar-refractivity contribution in [3.05, 3.63) is 18.3 Å². The van der Waals surface area contributed by atoms with Gasteiger partial charge in [0, 0.05) is 17.0 Å². The van der Waals surface area contributed by atoms with Crippen molar-refractivity contribution >= 4 is 16.6 Å². The predicted octanol–water partition coefficient (Wildman–Crippen LogP) is 3.01. The minimum atomic E-state index is 0.451. The van der Waals surface area contributed by atoms with Gasteiger partial charge in [-0.3, -0.25) is 0 Å². The van der Waals surface area contributed by atoms with Crippen molar-refractivity contribution in [2.75, 3.05) is 25.6 Å². The van der Waals surface area contributed by atoms with Gasteiger partial charge in [-0.2, -0.15) is 0 Å².